The largest absolute Gasteiger partial charge is 0.501 e. The maximum Gasteiger partial charge on any atom is 0.275 e. The molecule has 2 aromatic carbocycles. The highest BCUT2D eigenvalue weighted by Crippen LogP contribution is 2.18. The number of rotatable bonds is 3. The van der Waals surface area contributed by atoms with Gasteiger partial charge in [0.1, 0.15) is 6.61 Å². The molecule has 0 saturated carbocycles. The van der Waals surface area contributed by atoms with Gasteiger partial charge in [0.2, 0.25) is 11.5 Å². The molecule has 0 atom stereocenters. The minimum Gasteiger partial charge on any atom is -0.501 e. The van der Waals surface area contributed by atoms with Crippen molar-refractivity contribution in [2.75, 3.05) is 0 Å². The Labute approximate surface area is 85.1 Å². The lowest BCUT2D eigenvalue weighted by atomic mass is 10.2. The molecule has 0 radical (unpaired) electrons. The molecule has 2 aromatic rings. The first-order valence-corrected chi connectivity index (χ1v) is 4.39. The van der Waals surface area contributed by atoms with Crippen LogP contribution in [0.4, 0.5) is 0 Å². The van der Waals surface area contributed by atoms with E-state index in [4.69, 9.17) is 9.84 Å². The van der Waals surface area contributed by atoms with Gasteiger partial charge in [0.25, 0.3) is 10.9 Å². The van der Waals surface area contributed by atoms with Crippen LogP contribution < -0.4 is 15.6 Å². The monoisotopic (exact) mass is 204 g/mol. The first kappa shape index (κ1) is 9.45. The van der Waals surface area contributed by atoms with Crippen LogP contribution in [0.25, 0.3) is 0 Å². The van der Waals surface area contributed by atoms with E-state index in [1.54, 1.807) is 0 Å². The second-order valence-corrected chi connectivity index (χ2v) is 3.11. The molecule has 0 fully saturated rings. The minimum atomic E-state index is -0.877. The summed E-state index contributed by atoms with van der Waals surface area (Å²) in [6, 6.07) is 9.17. The van der Waals surface area contributed by atoms with Gasteiger partial charge in [0.15, 0.2) is 0 Å². The third-order valence-corrected chi connectivity index (χ3v) is 2.07. The summed E-state index contributed by atoms with van der Waals surface area (Å²) < 4.78 is 5.02. The highest BCUT2D eigenvalue weighted by Gasteiger charge is 2.21. The lowest BCUT2D eigenvalue weighted by molar-refractivity contribution is 0.278. The van der Waals surface area contributed by atoms with Crippen LogP contribution in [0, 0.1) is 0 Å². The van der Waals surface area contributed by atoms with Crippen LogP contribution in [-0.2, 0) is 6.61 Å². The molecule has 0 aliphatic rings. The maximum absolute atomic E-state index is 10.9. The van der Waals surface area contributed by atoms with E-state index in [1.807, 2.05) is 30.3 Å². The predicted octanol–water partition coefficient (Wildman–Crippen LogP) is 0.567. The summed E-state index contributed by atoms with van der Waals surface area (Å²) in [5, 5.41) is 9.01. The Morgan fingerprint density at radius 1 is 1.07 bits per heavy atom. The number of hydrogen-bond acceptors (Lipinski definition) is 4. The number of benzene rings is 1. The summed E-state index contributed by atoms with van der Waals surface area (Å²) in [7, 11) is 0. The summed E-state index contributed by atoms with van der Waals surface area (Å²) in [5.74, 6) is -0.806. The normalized spacial score (nSPS) is 10.4. The zero-order valence-corrected chi connectivity index (χ0v) is 7.77. The van der Waals surface area contributed by atoms with Crippen LogP contribution in [0.1, 0.15) is 5.56 Å². The molecule has 0 saturated heterocycles. The Bertz CT molecular complexity index is 535. The Morgan fingerprint density at radius 2 is 1.73 bits per heavy atom. The first-order chi connectivity index (χ1) is 7.20. The fourth-order valence-electron chi connectivity index (χ4n) is 1.22. The van der Waals surface area contributed by atoms with Gasteiger partial charge in [0.05, 0.1) is 0 Å². The van der Waals surface area contributed by atoms with E-state index in [-0.39, 0.29) is 12.4 Å². The van der Waals surface area contributed by atoms with Gasteiger partial charge in [-0.05, 0) is 5.56 Å². The molecule has 4 heteroatoms. The summed E-state index contributed by atoms with van der Waals surface area (Å²) in [5.41, 5.74) is -0.772. The molecule has 4 nitrogen and oxygen atoms in total. The number of hydrogen-bond donors (Lipinski definition) is 1. The second-order valence-electron chi connectivity index (χ2n) is 3.11. The van der Waals surface area contributed by atoms with Crippen molar-refractivity contribution >= 4 is 0 Å². The highest BCUT2D eigenvalue weighted by atomic mass is 16.5. The van der Waals surface area contributed by atoms with Gasteiger partial charge < -0.3 is 9.84 Å². The predicted molar refractivity (Wildman–Crippen MR) is 53.8 cm³/mol. The summed E-state index contributed by atoms with van der Waals surface area (Å²) in [6.07, 6.45) is 0. The van der Waals surface area contributed by atoms with Crippen molar-refractivity contribution in [2.24, 2.45) is 0 Å². The average Bonchev–Trinajstić information content (AvgIpc) is 2.30. The Hall–Kier alpha value is -2.10. The van der Waals surface area contributed by atoms with Gasteiger partial charge in [-0.25, -0.2) is 0 Å². The van der Waals surface area contributed by atoms with Crippen molar-refractivity contribution in [3.63, 3.8) is 0 Å². The molecular weight excluding hydrogens is 196 g/mol. The van der Waals surface area contributed by atoms with E-state index in [0.717, 1.165) is 5.56 Å². The summed E-state index contributed by atoms with van der Waals surface area (Å²) in [6.45, 7) is 0.166. The molecule has 0 spiro atoms. The molecule has 0 aliphatic heterocycles. The molecule has 1 N–H and O–H groups in total. The topological polar surface area (TPSA) is 63.6 Å². The molecule has 2 rings (SSSR count). The summed E-state index contributed by atoms with van der Waals surface area (Å²) >= 11 is 0. The fourth-order valence-corrected chi connectivity index (χ4v) is 1.22. The maximum atomic E-state index is 10.9. The van der Waals surface area contributed by atoms with E-state index < -0.39 is 16.6 Å². The van der Waals surface area contributed by atoms with Gasteiger partial charge >= 0.3 is 0 Å². The lowest BCUT2D eigenvalue weighted by Gasteiger charge is -2.07. The molecule has 0 aromatic heterocycles. The van der Waals surface area contributed by atoms with E-state index in [9.17, 15) is 9.59 Å². The minimum absolute atomic E-state index is 0.166. The number of aromatic hydroxyl groups is 1. The third kappa shape index (κ3) is 1.61. The zero-order chi connectivity index (χ0) is 10.8. The molecule has 0 amide bonds. The van der Waals surface area contributed by atoms with Crippen molar-refractivity contribution in [1.29, 1.82) is 0 Å². The van der Waals surface area contributed by atoms with Crippen LogP contribution in [0.3, 0.4) is 0 Å². The Kier molecular flexibility index (Phi) is 2.25. The van der Waals surface area contributed by atoms with Gasteiger partial charge in [-0.1, -0.05) is 30.3 Å². The first-order valence-electron chi connectivity index (χ1n) is 4.39. The van der Waals surface area contributed by atoms with Crippen LogP contribution in [-0.4, -0.2) is 5.11 Å². The van der Waals surface area contributed by atoms with Crippen molar-refractivity contribution in [1.82, 2.24) is 0 Å². The standard InChI is InChI=1S/C11H8O4/c12-8-9(13)11(10(8)14)15-6-7-4-2-1-3-5-7/h1-5,13H,6H2. The smallest absolute Gasteiger partial charge is 0.275 e. The van der Waals surface area contributed by atoms with E-state index >= 15 is 0 Å². The van der Waals surface area contributed by atoms with Gasteiger partial charge in [-0.15, -0.1) is 0 Å². The van der Waals surface area contributed by atoms with Gasteiger partial charge in [-0.2, -0.15) is 0 Å². The van der Waals surface area contributed by atoms with Crippen LogP contribution in [0.5, 0.6) is 11.5 Å². The Balaban J connectivity index is 2.07. The van der Waals surface area contributed by atoms with Gasteiger partial charge in [0, 0.05) is 0 Å². The molecule has 76 valence electrons. The number of ether oxygens (including phenoxy) is 1. The van der Waals surface area contributed by atoms with Gasteiger partial charge in [-0.3, -0.25) is 9.59 Å². The van der Waals surface area contributed by atoms with Crippen LogP contribution >= 0.6 is 0 Å². The quantitative estimate of drug-likeness (QED) is 0.742. The third-order valence-electron chi connectivity index (χ3n) is 2.07. The fraction of sp³-hybridized carbons (Fsp3) is 0.0909. The van der Waals surface area contributed by atoms with Crippen molar-refractivity contribution in [3.8, 4) is 11.5 Å². The van der Waals surface area contributed by atoms with Crippen LogP contribution in [0.15, 0.2) is 39.9 Å². The van der Waals surface area contributed by atoms with E-state index in [0.29, 0.717) is 0 Å². The van der Waals surface area contributed by atoms with Crippen LogP contribution in [0.2, 0.25) is 0 Å². The Morgan fingerprint density at radius 3 is 2.33 bits per heavy atom. The summed E-state index contributed by atoms with van der Waals surface area (Å²) in [4.78, 5) is 21.5. The molecule has 0 aliphatic carbocycles. The molecule has 0 bridgehead atoms. The molecule has 0 heterocycles. The zero-order valence-electron chi connectivity index (χ0n) is 7.77. The SMILES string of the molecule is O=c1c(O)c(OCc2ccccc2)c1=O. The molecule has 0 unspecified atom stereocenters. The second kappa shape index (κ2) is 3.57. The van der Waals surface area contributed by atoms with Crippen molar-refractivity contribution in [2.45, 2.75) is 6.61 Å². The molecule has 15 heavy (non-hydrogen) atoms. The highest BCUT2D eigenvalue weighted by molar-refractivity contribution is 5.44. The van der Waals surface area contributed by atoms with Crippen molar-refractivity contribution in [3.05, 3.63) is 56.3 Å². The molecular formula is C11H8O4. The average molecular weight is 204 g/mol. The van der Waals surface area contributed by atoms with Crippen molar-refractivity contribution < 1.29 is 9.84 Å². The van der Waals surface area contributed by atoms with E-state index in [1.165, 1.54) is 0 Å². The van der Waals surface area contributed by atoms with E-state index in [2.05, 4.69) is 0 Å². The lowest BCUT2D eigenvalue weighted by Crippen LogP contribution is -2.31.